The quantitative estimate of drug-likeness (QED) is 0.790. The molecule has 78 valence electrons. The van der Waals surface area contributed by atoms with Gasteiger partial charge in [-0.15, -0.1) is 0 Å². The van der Waals surface area contributed by atoms with Gasteiger partial charge in [-0.3, -0.25) is 4.79 Å². The molecular formula is C10H11N3O2. The summed E-state index contributed by atoms with van der Waals surface area (Å²) in [5, 5.41) is 0. The van der Waals surface area contributed by atoms with E-state index in [1.165, 1.54) is 13.2 Å². The summed E-state index contributed by atoms with van der Waals surface area (Å²) in [5.74, 6) is 0.465. The van der Waals surface area contributed by atoms with E-state index in [4.69, 9.17) is 4.74 Å². The molecule has 0 aromatic carbocycles. The van der Waals surface area contributed by atoms with E-state index in [1.807, 2.05) is 6.92 Å². The van der Waals surface area contributed by atoms with Crippen LogP contribution in [0.15, 0.2) is 16.9 Å². The van der Waals surface area contributed by atoms with Crippen molar-refractivity contribution in [3.05, 3.63) is 28.2 Å². The van der Waals surface area contributed by atoms with Crippen LogP contribution in [0.2, 0.25) is 0 Å². The van der Waals surface area contributed by atoms with Crippen LogP contribution in [0.5, 0.6) is 5.88 Å². The summed E-state index contributed by atoms with van der Waals surface area (Å²) >= 11 is 0. The number of ether oxygens (including phenoxy) is 1. The first-order chi connectivity index (χ1) is 7.24. The van der Waals surface area contributed by atoms with Crippen molar-refractivity contribution in [3.63, 3.8) is 0 Å². The molecule has 1 N–H and O–H groups in total. The molecule has 0 radical (unpaired) electrons. The van der Waals surface area contributed by atoms with Gasteiger partial charge in [-0.2, -0.15) is 4.98 Å². The highest BCUT2D eigenvalue weighted by molar-refractivity contribution is 5.69. The van der Waals surface area contributed by atoms with E-state index in [-0.39, 0.29) is 5.56 Å². The van der Waals surface area contributed by atoms with Crippen molar-refractivity contribution < 1.29 is 4.74 Å². The first kappa shape index (κ1) is 9.64. The number of aromatic amines is 1. The number of hydrogen-bond donors (Lipinski definition) is 1. The number of rotatable bonds is 2. The second-order valence-corrected chi connectivity index (χ2v) is 3.09. The van der Waals surface area contributed by atoms with Gasteiger partial charge in [-0.1, -0.05) is 6.92 Å². The average Bonchev–Trinajstić information content (AvgIpc) is 2.27. The number of aryl methyl sites for hydroxylation is 1. The van der Waals surface area contributed by atoms with Crippen molar-refractivity contribution in [3.8, 4) is 5.88 Å². The van der Waals surface area contributed by atoms with Gasteiger partial charge in [0, 0.05) is 6.07 Å². The van der Waals surface area contributed by atoms with Crippen molar-refractivity contribution in [1.82, 2.24) is 15.0 Å². The Morgan fingerprint density at radius 3 is 2.87 bits per heavy atom. The SMILES string of the molecule is CCc1nc2ccc(=O)[nH]c2nc1OC. The molecule has 0 aliphatic rings. The van der Waals surface area contributed by atoms with E-state index in [9.17, 15) is 4.79 Å². The molecule has 2 aromatic rings. The molecule has 0 atom stereocenters. The number of H-pyrrole nitrogens is 1. The first-order valence-electron chi connectivity index (χ1n) is 4.68. The van der Waals surface area contributed by atoms with Crippen LogP contribution in [0.1, 0.15) is 12.6 Å². The molecule has 0 fully saturated rings. The fourth-order valence-corrected chi connectivity index (χ4v) is 1.38. The molecule has 0 spiro atoms. The third kappa shape index (κ3) is 1.68. The Hall–Kier alpha value is -1.91. The largest absolute Gasteiger partial charge is 0.480 e. The molecule has 0 aliphatic heterocycles. The second-order valence-electron chi connectivity index (χ2n) is 3.09. The zero-order valence-corrected chi connectivity index (χ0v) is 8.57. The Kier molecular flexibility index (Phi) is 2.37. The van der Waals surface area contributed by atoms with E-state index >= 15 is 0 Å². The average molecular weight is 205 g/mol. The summed E-state index contributed by atoms with van der Waals surface area (Å²) in [4.78, 5) is 22.2. The fraction of sp³-hybridized carbons (Fsp3) is 0.300. The number of hydrogen-bond acceptors (Lipinski definition) is 4. The van der Waals surface area contributed by atoms with Gasteiger partial charge >= 0.3 is 0 Å². The summed E-state index contributed by atoms with van der Waals surface area (Å²) in [5.41, 5.74) is 1.73. The lowest BCUT2D eigenvalue weighted by Crippen LogP contribution is -2.07. The van der Waals surface area contributed by atoms with Gasteiger partial charge in [-0.25, -0.2) is 4.98 Å². The van der Waals surface area contributed by atoms with Gasteiger partial charge in [0.05, 0.1) is 7.11 Å². The zero-order chi connectivity index (χ0) is 10.8. The Balaban J connectivity index is 2.75. The minimum Gasteiger partial charge on any atom is -0.480 e. The summed E-state index contributed by atoms with van der Waals surface area (Å²) in [6, 6.07) is 3.09. The number of aromatic nitrogens is 3. The number of methoxy groups -OCH3 is 1. The van der Waals surface area contributed by atoms with E-state index < -0.39 is 0 Å². The Labute approximate surface area is 86.1 Å². The molecule has 0 amide bonds. The molecule has 15 heavy (non-hydrogen) atoms. The smallest absolute Gasteiger partial charge is 0.249 e. The highest BCUT2D eigenvalue weighted by Gasteiger charge is 2.07. The lowest BCUT2D eigenvalue weighted by atomic mass is 10.3. The molecule has 5 nitrogen and oxygen atoms in total. The van der Waals surface area contributed by atoms with Crippen LogP contribution in [-0.4, -0.2) is 22.1 Å². The number of nitrogens with zero attached hydrogens (tertiary/aromatic N) is 2. The van der Waals surface area contributed by atoms with Crippen LogP contribution in [-0.2, 0) is 6.42 Å². The molecule has 0 bridgehead atoms. The van der Waals surface area contributed by atoms with Crippen LogP contribution in [0.25, 0.3) is 11.2 Å². The van der Waals surface area contributed by atoms with Gasteiger partial charge < -0.3 is 9.72 Å². The summed E-state index contributed by atoms with van der Waals surface area (Å²) in [7, 11) is 1.54. The van der Waals surface area contributed by atoms with Crippen LogP contribution in [0.3, 0.4) is 0 Å². The van der Waals surface area contributed by atoms with Crippen molar-refractivity contribution >= 4 is 11.2 Å². The standard InChI is InChI=1S/C10H11N3O2/c1-3-6-10(15-2)13-9-7(11-6)4-5-8(14)12-9/h4-5H,3H2,1-2H3,(H,12,13,14). The van der Waals surface area contributed by atoms with Crippen molar-refractivity contribution in [2.45, 2.75) is 13.3 Å². The van der Waals surface area contributed by atoms with Gasteiger partial charge in [0.1, 0.15) is 11.2 Å². The fourth-order valence-electron chi connectivity index (χ4n) is 1.38. The van der Waals surface area contributed by atoms with Gasteiger partial charge in [-0.05, 0) is 12.5 Å². The monoisotopic (exact) mass is 205 g/mol. The predicted octanol–water partition coefficient (Wildman–Crippen LogP) is 0.889. The van der Waals surface area contributed by atoms with Crippen LogP contribution in [0, 0.1) is 0 Å². The maximum atomic E-state index is 11.1. The normalized spacial score (nSPS) is 10.5. The molecule has 0 saturated heterocycles. The summed E-state index contributed by atoms with van der Waals surface area (Å²) in [6.45, 7) is 1.98. The Bertz CT molecular complexity index is 548. The maximum Gasteiger partial charge on any atom is 0.249 e. The lowest BCUT2D eigenvalue weighted by Gasteiger charge is -2.05. The third-order valence-corrected chi connectivity index (χ3v) is 2.12. The predicted molar refractivity (Wildman–Crippen MR) is 56.1 cm³/mol. The maximum absolute atomic E-state index is 11.1. The minimum atomic E-state index is -0.192. The van der Waals surface area contributed by atoms with Gasteiger partial charge in [0.15, 0.2) is 5.65 Å². The van der Waals surface area contributed by atoms with Gasteiger partial charge in [0.25, 0.3) is 0 Å². The molecule has 0 saturated carbocycles. The molecule has 0 aliphatic carbocycles. The van der Waals surface area contributed by atoms with E-state index in [0.29, 0.717) is 17.0 Å². The van der Waals surface area contributed by atoms with Crippen molar-refractivity contribution in [2.75, 3.05) is 7.11 Å². The van der Waals surface area contributed by atoms with Crippen LogP contribution >= 0.6 is 0 Å². The summed E-state index contributed by atoms with van der Waals surface area (Å²) in [6.07, 6.45) is 0.741. The van der Waals surface area contributed by atoms with Crippen molar-refractivity contribution in [2.24, 2.45) is 0 Å². The molecule has 2 aromatic heterocycles. The Morgan fingerprint density at radius 1 is 1.40 bits per heavy atom. The molecule has 2 rings (SSSR count). The minimum absolute atomic E-state index is 0.192. The molecule has 0 unspecified atom stereocenters. The Morgan fingerprint density at radius 2 is 2.20 bits per heavy atom. The summed E-state index contributed by atoms with van der Waals surface area (Å²) < 4.78 is 5.09. The zero-order valence-electron chi connectivity index (χ0n) is 8.57. The number of fused-ring (bicyclic) bond motifs is 1. The first-order valence-corrected chi connectivity index (χ1v) is 4.68. The topological polar surface area (TPSA) is 67.9 Å². The van der Waals surface area contributed by atoms with E-state index in [0.717, 1.165) is 12.1 Å². The van der Waals surface area contributed by atoms with Crippen LogP contribution in [0.4, 0.5) is 0 Å². The third-order valence-electron chi connectivity index (χ3n) is 2.12. The van der Waals surface area contributed by atoms with Gasteiger partial charge in [0.2, 0.25) is 11.4 Å². The van der Waals surface area contributed by atoms with Crippen molar-refractivity contribution in [1.29, 1.82) is 0 Å². The molecule has 2 heterocycles. The molecular weight excluding hydrogens is 194 g/mol. The lowest BCUT2D eigenvalue weighted by molar-refractivity contribution is 0.391. The second kappa shape index (κ2) is 3.68. The highest BCUT2D eigenvalue weighted by atomic mass is 16.5. The number of pyridine rings is 1. The number of nitrogens with one attached hydrogen (secondary N) is 1. The molecule has 5 heteroatoms. The van der Waals surface area contributed by atoms with E-state index in [1.54, 1.807) is 6.07 Å². The van der Waals surface area contributed by atoms with E-state index in [2.05, 4.69) is 15.0 Å². The van der Waals surface area contributed by atoms with Crippen LogP contribution < -0.4 is 10.3 Å². The highest BCUT2D eigenvalue weighted by Crippen LogP contribution is 2.16.